The van der Waals surface area contributed by atoms with E-state index in [4.69, 9.17) is 23.2 Å². The summed E-state index contributed by atoms with van der Waals surface area (Å²) in [5.41, 5.74) is 0.259. The summed E-state index contributed by atoms with van der Waals surface area (Å²) in [7, 11) is 1.32. The normalized spacial score (nSPS) is 9.94. The number of nitrogens with one attached hydrogen (secondary N) is 1. The molecule has 0 unspecified atom stereocenters. The van der Waals surface area contributed by atoms with Crippen LogP contribution in [0.15, 0.2) is 12.3 Å². The third-order valence-electron chi connectivity index (χ3n) is 2.14. The van der Waals surface area contributed by atoms with Crippen molar-refractivity contribution in [3.05, 3.63) is 28.0 Å². The van der Waals surface area contributed by atoms with Gasteiger partial charge in [0.2, 0.25) is 0 Å². The van der Waals surface area contributed by atoms with Gasteiger partial charge in [-0.05, 0) is 12.5 Å². The van der Waals surface area contributed by atoms with E-state index in [9.17, 15) is 9.59 Å². The second-order valence-corrected chi connectivity index (χ2v) is 4.22. The molecule has 1 rings (SSSR count). The van der Waals surface area contributed by atoms with E-state index in [1.165, 1.54) is 19.4 Å². The average Bonchev–Trinajstić information content (AvgIpc) is 2.36. The molecule has 0 bridgehead atoms. The fourth-order valence-corrected chi connectivity index (χ4v) is 1.57. The van der Waals surface area contributed by atoms with E-state index in [0.29, 0.717) is 13.0 Å². The molecular weight excluding hydrogens is 279 g/mol. The SMILES string of the molecule is COC(=O)CCCNC(=O)c1cc(Cl)ncc1Cl. The topological polar surface area (TPSA) is 68.3 Å². The number of amides is 1. The number of carbonyl (C=O) groups excluding carboxylic acids is 2. The van der Waals surface area contributed by atoms with Crippen LogP contribution in [0.25, 0.3) is 0 Å². The van der Waals surface area contributed by atoms with E-state index >= 15 is 0 Å². The summed E-state index contributed by atoms with van der Waals surface area (Å²) in [6.45, 7) is 0.351. The number of pyridine rings is 1. The number of esters is 1. The minimum absolute atomic E-state index is 0.194. The van der Waals surface area contributed by atoms with E-state index in [1.54, 1.807) is 0 Å². The maximum Gasteiger partial charge on any atom is 0.305 e. The van der Waals surface area contributed by atoms with Crippen LogP contribution in [0, 0.1) is 0 Å². The number of ether oxygens (including phenoxy) is 1. The molecule has 0 spiro atoms. The zero-order valence-electron chi connectivity index (χ0n) is 9.70. The largest absolute Gasteiger partial charge is 0.469 e. The van der Waals surface area contributed by atoms with Gasteiger partial charge in [-0.15, -0.1) is 0 Å². The van der Waals surface area contributed by atoms with Gasteiger partial charge in [-0.3, -0.25) is 9.59 Å². The lowest BCUT2D eigenvalue weighted by Gasteiger charge is -2.06. The number of rotatable bonds is 5. The summed E-state index contributed by atoms with van der Waals surface area (Å²) in [4.78, 5) is 26.3. The Morgan fingerprint density at radius 3 is 2.83 bits per heavy atom. The Labute approximate surface area is 114 Å². The van der Waals surface area contributed by atoms with E-state index in [-0.39, 0.29) is 34.0 Å². The first-order valence-electron chi connectivity index (χ1n) is 5.20. The predicted molar refractivity (Wildman–Crippen MR) is 67.8 cm³/mol. The first kappa shape index (κ1) is 14.7. The lowest BCUT2D eigenvalue weighted by atomic mass is 10.2. The molecule has 0 aromatic carbocycles. The van der Waals surface area contributed by atoms with Crippen molar-refractivity contribution in [2.45, 2.75) is 12.8 Å². The number of methoxy groups -OCH3 is 1. The van der Waals surface area contributed by atoms with Gasteiger partial charge in [0.05, 0.1) is 17.7 Å². The standard InChI is InChI=1S/C11H12Cl2N2O3/c1-18-10(16)3-2-4-14-11(17)7-5-9(13)15-6-8(7)12/h5-6H,2-4H2,1H3,(H,14,17). The molecule has 0 saturated heterocycles. The Morgan fingerprint density at radius 2 is 2.17 bits per heavy atom. The van der Waals surface area contributed by atoms with Crippen LogP contribution in [-0.4, -0.2) is 30.5 Å². The van der Waals surface area contributed by atoms with E-state index < -0.39 is 0 Å². The molecule has 0 atom stereocenters. The van der Waals surface area contributed by atoms with Gasteiger partial charge < -0.3 is 10.1 Å². The molecule has 1 amide bonds. The Kier molecular flexibility index (Phi) is 5.88. The van der Waals surface area contributed by atoms with E-state index in [1.807, 2.05) is 0 Å². The zero-order valence-corrected chi connectivity index (χ0v) is 11.2. The van der Waals surface area contributed by atoms with Crippen molar-refractivity contribution in [1.82, 2.24) is 10.3 Å². The Balaban J connectivity index is 2.46. The van der Waals surface area contributed by atoms with E-state index in [0.717, 1.165) is 0 Å². The number of aromatic nitrogens is 1. The summed E-state index contributed by atoms with van der Waals surface area (Å²) in [6, 6.07) is 1.39. The smallest absolute Gasteiger partial charge is 0.305 e. The van der Waals surface area contributed by atoms with Crippen LogP contribution in [-0.2, 0) is 9.53 Å². The molecule has 0 aliphatic heterocycles. The van der Waals surface area contributed by atoms with Crippen LogP contribution in [0.3, 0.4) is 0 Å². The van der Waals surface area contributed by atoms with Gasteiger partial charge in [-0.25, -0.2) is 4.98 Å². The van der Waals surface area contributed by atoms with Gasteiger partial charge in [-0.2, -0.15) is 0 Å². The van der Waals surface area contributed by atoms with Crippen LogP contribution in [0.4, 0.5) is 0 Å². The van der Waals surface area contributed by atoms with Crippen LogP contribution >= 0.6 is 23.2 Å². The Bertz CT molecular complexity index is 452. The fourth-order valence-electron chi connectivity index (χ4n) is 1.22. The molecule has 1 aromatic rings. The van der Waals surface area contributed by atoms with Gasteiger partial charge in [-0.1, -0.05) is 23.2 Å². The highest BCUT2D eigenvalue weighted by atomic mass is 35.5. The number of hydrogen-bond donors (Lipinski definition) is 1. The maximum atomic E-state index is 11.7. The molecular formula is C11H12Cl2N2O3. The van der Waals surface area contributed by atoms with Crippen molar-refractivity contribution in [2.24, 2.45) is 0 Å². The molecule has 1 heterocycles. The van der Waals surface area contributed by atoms with Gasteiger partial charge in [0.1, 0.15) is 5.15 Å². The van der Waals surface area contributed by atoms with Crippen molar-refractivity contribution >= 4 is 35.1 Å². The first-order chi connectivity index (χ1) is 8.54. The second kappa shape index (κ2) is 7.18. The minimum Gasteiger partial charge on any atom is -0.469 e. The first-order valence-corrected chi connectivity index (χ1v) is 5.96. The van der Waals surface area contributed by atoms with Crippen LogP contribution in [0.5, 0.6) is 0 Å². The number of nitrogens with zero attached hydrogens (tertiary/aromatic N) is 1. The monoisotopic (exact) mass is 290 g/mol. The fraction of sp³-hybridized carbons (Fsp3) is 0.364. The van der Waals surface area contributed by atoms with Crippen molar-refractivity contribution in [2.75, 3.05) is 13.7 Å². The maximum absolute atomic E-state index is 11.7. The van der Waals surface area contributed by atoms with Crippen LogP contribution < -0.4 is 5.32 Å². The van der Waals surface area contributed by atoms with Crippen molar-refractivity contribution in [3.8, 4) is 0 Å². The lowest BCUT2D eigenvalue weighted by Crippen LogP contribution is -2.25. The lowest BCUT2D eigenvalue weighted by molar-refractivity contribution is -0.140. The number of carbonyl (C=O) groups is 2. The summed E-state index contributed by atoms with van der Waals surface area (Å²) in [5, 5.41) is 3.05. The highest BCUT2D eigenvalue weighted by Crippen LogP contribution is 2.17. The number of halogens is 2. The number of hydrogen-bond acceptors (Lipinski definition) is 4. The molecule has 7 heteroatoms. The summed E-state index contributed by atoms with van der Waals surface area (Å²) >= 11 is 11.5. The molecule has 1 N–H and O–H groups in total. The Morgan fingerprint density at radius 1 is 1.44 bits per heavy atom. The van der Waals surface area contributed by atoms with Crippen LogP contribution in [0.1, 0.15) is 23.2 Å². The summed E-state index contributed by atoms with van der Waals surface area (Å²) in [5.74, 6) is -0.664. The van der Waals surface area contributed by atoms with Crippen molar-refractivity contribution < 1.29 is 14.3 Å². The van der Waals surface area contributed by atoms with Crippen molar-refractivity contribution in [3.63, 3.8) is 0 Å². The Hall–Kier alpha value is -1.33. The molecule has 0 fully saturated rings. The third kappa shape index (κ3) is 4.50. The molecule has 5 nitrogen and oxygen atoms in total. The van der Waals surface area contributed by atoms with Crippen molar-refractivity contribution in [1.29, 1.82) is 0 Å². The highest BCUT2D eigenvalue weighted by Gasteiger charge is 2.11. The average molecular weight is 291 g/mol. The van der Waals surface area contributed by atoms with Crippen LogP contribution in [0.2, 0.25) is 10.2 Å². The molecule has 1 aromatic heterocycles. The molecule has 0 aliphatic carbocycles. The molecule has 98 valence electrons. The minimum atomic E-state index is -0.353. The second-order valence-electron chi connectivity index (χ2n) is 3.42. The van der Waals surface area contributed by atoms with Gasteiger partial charge in [0.15, 0.2) is 0 Å². The van der Waals surface area contributed by atoms with Gasteiger partial charge >= 0.3 is 5.97 Å². The molecule has 0 saturated carbocycles. The van der Waals surface area contributed by atoms with Gasteiger partial charge in [0, 0.05) is 19.2 Å². The predicted octanol–water partition coefficient (Wildman–Crippen LogP) is 2.07. The molecule has 0 aliphatic rings. The summed E-state index contributed by atoms with van der Waals surface area (Å²) in [6.07, 6.45) is 2.06. The quantitative estimate of drug-likeness (QED) is 0.512. The third-order valence-corrected chi connectivity index (χ3v) is 2.65. The molecule has 18 heavy (non-hydrogen) atoms. The van der Waals surface area contributed by atoms with Gasteiger partial charge in [0.25, 0.3) is 5.91 Å². The highest BCUT2D eigenvalue weighted by molar-refractivity contribution is 6.35. The summed E-state index contributed by atoms with van der Waals surface area (Å²) < 4.78 is 4.48. The van der Waals surface area contributed by atoms with E-state index in [2.05, 4.69) is 15.0 Å². The molecule has 0 radical (unpaired) electrons. The zero-order chi connectivity index (χ0) is 13.5.